The Morgan fingerprint density at radius 2 is 2.00 bits per heavy atom. The van der Waals surface area contributed by atoms with Gasteiger partial charge in [0.05, 0.1) is 18.7 Å². The fourth-order valence-electron chi connectivity index (χ4n) is 4.11. The smallest absolute Gasteiger partial charge is 0.322 e. The lowest BCUT2D eigenvalue weighted by molar-refractivity contribution is -0.159. The van der Waals surface area contributed by atoms with Gasteiger partial charge in [0.2, 0.25) is 5.91 Å². The number of nitrogens with zero attached hydrogens (tertiary/aromatic N) is 2. The summed E-state index contributed by atoms with van der Waals surface area (Å²) >= 11 is 3.41. The molecule has 2 saturated heterocycles. The van der Waals surface area contributed by atoms with Crippen LogP contribution in [-0.4, -0.2) is 58.6 Å². The number of aliphatic hydroxyl groups is 1. The van der Waals surface area contributed by atoms with Crippen LogP contribution in [0.15, 0.2) is 53.0 Å². The summed E-state index contributed by atoms with van der Waals surface area (Å²) in [5, 5.41) is 12.4. The molecule has 28 heavy (non-hydrogen) atoms. The summed E-state index contributed by atoms with van der Waals surface area (Å²) in [6, 6.07) is 12.5. The number of fused-ring (bicyclic) bond motifs is 1. The van der Waals surface area contributed by atoms with E-state index in [0.717, 1.165) is 10.0 Å². The molecule has 2 fully saturated rings. The number of urea groups is 1. The standard InChI is InChI=1S/C20H19BrFN3O3/c21-13-6-4-12(5-7-13)19-16-9-24(10-18(27)25(16)17(19)11-26)20(28)23-15-3-1-2-14(22)8-15/h1-8,16-17,19,26H,9-11H2,(H,23,28)/t16-,17+,19-/m0/s1. The van der Waals surface area contributed by atoms with Crippen LogP contribution in [0.1, 0.15) is 11.5 Å². The van der Waals surface area contributed by atoms with Crippen molar-refractivity contribution in [2.75, 3.05) is 25.0 Å². The minimum atomic E-state index is -0.446. The average molecular weight is 448 g/mol. The van der Waals surface area contributed by atoms with Gasteiger partial charge in [-0.1, -0.05) is 34.1 Å². The van der Waals surface area contributed by atoms with E-state index < -0.39 is 11.8 Å². The van der Waals surface area contributed by atoms with Crippen LogP contribution in [0.25, 0.3) is 0 Å². The van der Waals surface area contributed by atoms with Crippen molar-refractivity contribution in [3.8, 4) is 0 Å². The van der Waals surface area contributed by atoms with E-state index in [1.54, 1.807) is 11.0 Å². The van der Waals surface area contributed by atoms with Crippen LogP contribution in [0.3, 0.4) is 0 Å². The molecule has 8 heteroatoms. The Balaban J connectivity index is 1.52. The number of hydrogen-bond acceptors (Lipinski definition) is 3. The number of benzene rings is 2. The highest BCUT2D eigenvalue weighted by Gasteiger charge is 2.54. The van der Waals surface area contributed by atoms with Crippen molar-refractivity contribution < 1.29 is 19.1 Å². The van der Waals surface area contributed by atoms with Gasteiger partial charge in [-0.05, 0) is 35.9 Å². The van der Waals surface area contributed by atoms with E-state index in [1.165, 1.54) is 23.1 Å². The summed E-state index contributed by atoms with van der Waals surface area (Å²) in [5.41, 5.74) is 1.36. The first-order valence-corrected chi connectivity index (χ1v) is 9.76. The lowest BCUT2D eigenvalue weighted by atomic mass is 9.74. The number of carbonyl (C=O) groups excluding carboxylic acids is 2. The molecule has 0 radical (unpaired) electrons. The molecule has 3 atom stereocenters. The van der Waals surface area contributed by atoms with E-state index in [-0.39, 0.29) is 37.1 Å². The molecule has 2 N–H and O–H groups in total. The highest BCUT2D eigenvalue weighted by molar-refractivity contribution is 9.10. The first-order valence-electron chi connectivity index (χ1n) is 8.97. The van der Waals surface area contributed by atoms with Gasteiger partial charge in [-0.3, -0.25) is 4.79 Å². The largest absolute Gasteiger partial charge is 0.394 e. The van der Waals surface area contributed by atoms with Crippen LogP contribution >= 0.6 is 15.9 Å². The summed E-state index contributed by atoms with van der Waals surface area (Å²) in [5.74, 6) is -0.691. The lowest BCUT2D eigenvalue weighted by Gasteiger charge is -2.58. The summed E-state index contributed by atoms with van der Waals surface area (Å²) < 4.78 is 14.3. The third kappa shape index (κ3) is 3.38. The number of halogens is 2. The van der Waals surface area contributed by atoms with Gasteiger partial charge in [-0.15, -0.1) is 0 Å². The summed E-state index contributed by atoms with van der Waals surface area (Å²) in [6.07, 6.45) is 0. The Labute approximate surface area is 170 Å². The van der Waals surface area contributed by atoms with Crippen LogP contribution in [0.5, 0.6) is 0 Å². The number of rotatable bonds is 3. The second-order valence-electron chi connectivity index (χ2n) is 7.02. The van der Waals surface area contributed by atoms with Gasteiger partial charge < -0.3 is 20.2 Å². The van der Waals surface area contributed by atoms with Crippen LogP contribution in [-0.2, 0) is 4.79 Å². The van der Waals surface area contributed by atoms with Crippen molar-refractivity contribution >= 4 is 33.6 Å². The van der Waals surface area contributed by atoms with E-state index in [2.05, 4.69) is 21.2 Å². The summed E-state index contributed by atoms with van der Waals surface area (Å²) in [4.78, 5) is 28.3. The van der Waals surface area contributed by atoms with Crippen LogP contribution in [0.4, 0.5) is 14.9 Å². The number of anilines is 1. The van der Waals surface area contributed by atoms with Crippen LogP contribution in [0.2, 0.25) is 0 Å². The first-order chi connectivity index (χ1) is 13.5. The predicted molar refractivity (Wildman–Crippen MR) is 105 cm³/mol. The molecule has 0 aliphatic carbocycles. The molecule has 2 heterocycles. The van der Waals surface area contributed by atoms with Gasteiger partial charge in [0, 0.05) is 22.6 Å². The molecular weight excluding hydrogens is 429 g/mol. The summed E-state index contributed by atoms with van der Waals surface area (Å²) in [6.45, 7) is 0.157. The highest BCUT2D eigenvalue weighted by atomic mass is 79.9. The second-order valence-corrected chi connectivity index (χ2v) is 7.93. The second kappa shape index (κ2) is 7.52. The molecule has 4 rings (SSSR count). The number of hydrogen-bond donors (Lipinski definition) is 2. The maximum absolute atomic E-state index is 13.3. The fraction of sp³-hybridized carbons (Fsp3) is 0.300. The van der Waals surface area contributed by atoms with Gasteiger partial charge in [-0.25, -0.2) is 9.18 Å². The zero-order valence-corrected chi connectivity index (χ0v) is 16.5. The van der Waals surface area contributed by atoms with Gasteiger partial charge in [-0.2, -0.15) is 0 Å². The number of piperazine rings is 1. The van der Waals surface area contributed by atoms with Gasteiger partial charge in [0.1, 0.15) is 12.4 Å². The SMILES string of the molecule is O=C(Nc1cccc(F)c1)N1CC(=O)N2[C@H](CO)[C@@H](c3ccc(Br)cc3)[C@@H]2C1. The molecule has 2 aromatic rings. The Bertz CT molecular complexity index is 908. The number of nitrogens with one attached hydrogen (secondary N) is 1. The average Bonchev–Trinajstić information content (AvgIpc) is 2.65. The minimum absolute atomic E-state index is 0.0492. The van der Waals surface area contributed by atoms with Crippen molar-refractivity contribution in [2.24, 2.45) is 0 Å². The first kappa shape index (κ1) is 18.9. The maximum Gasteiger partial charge on any atom is 0.322 e. The van der Waals surface area contributed by atoms with Gasteiger partial charge in [0.15, 0.2) is 0 Å². The quantitative estimate of drug-likeness (QED) is 0.759. The van der Waals surface area contributed by atoms with Gasteiger partial charge in [0.25, 0.3) is 0 Å². The molecule has 0 bridgehead atoms. The molecule has 2 aromatic carbocycles. The zero-order chi connectivity index (χ0) is 19.8. The molecule has 0 unspecified atom stereocenters. The Morgan fingerprint density at radius 1 is 1.25 bits per heavy atom. The Kier molecular flexibility index (Phi) is 5.07. The van der Waals surface area contributed by atoms with E-state index in [9.17, 15) is 19.1 Å². The molecule has 0 aromatic heterocycles. The van der Waals surface area contributed by atoms with Crippen molar-refractivity contribution in [1.82, 2.24) is 9.80 Å². The fourth-order valence-corrected chi connectivity index (χ4v) is 4.37. The number of aliphatic hydroxyl groups excluding tert-OH is 1. The molecule has 2 aliphatic heterocycles. The normalized spacial score (nSPS) is 23.8. The molecule has 2 aliphatic rings. The third-order valence-electron chi connectivity index (χ3n) is 5.37. The maximum atomic E-state index is 13.3. The van der Waals surface area contributed by atoms with Crippen molar-refractivity contribution in [1.29, 1.82) is 0 Å². The van der Waals surface area contributed by atoms with Crippen molar-refractivity contribution in [3.05, 3.63) is 64.4 Å². The Hall–Kier alpha value is -2.45. The van der Waals surface area contributed by atoms with Crippen LogP contribution in [0, 0.1) is 5.82 Å². The molecule has 0 saturated carbocycles. The predicted octanol–water partition coefficient (Wildman–Crippen LogP) is 2.79. The van der Waals surface area contributed by atoms with Crippen molar-refractivity contribution in [3.63, 3.8) is 0 Å². The Morgan fingerprint density at radius 3 is 2.68 bits per heavy atom. The number of amides is 3. The third-order valence-corrected chi connectivity index (χ3v) is 5.90. The minimum Gasteiger partial charge on any atom is -0.394 e. The number of carbonyl (C=O) groups is 2. The van der Waals surface area contributed by atoms with E-state index in [4.69, 9.17) is 0 Å². The zero-order valence-electron chi connectivity index (χ0n) is 14.9. The van der Waals surface area contributed by atoms with Gasteiger partial charge >= 0.3 is 6.03 Å². The molecule has 146 valence electrons. The monoisotopic (exact) mass is 447 g/mol. The highest BCUT2D eigenvalue weighted by Crippen LogP contribution is 2.43. The molecule has 3 amide bonds. The van der Waals surface area contributed by atoms with Crippen LogP contribution < -0.4 is 5.32 Å². The van der Waals surface area contributed by atoms with E-state index in [0.29, 0.717) is 12.2 Å². The molecular formula is C20H19BrFN3O3. The van der Waals surface area contributed by atoms with Crippen molar-refractivity contribution in [2.45, 2.75) is 18.0 Å². The lowest BCUT2D eigenvalue weighted by Crippen LogP contribution is -2.73. The van der Waals surface area contributed by atoms with E-state index in [1.807, 2.05) is 24.3 Å². The molecule has 0 spiro atoms. The molecule has 6 nitrogen and oxygen atoms in total. The topological polar surface area (TPSA) is 72.9 Å². The summed E-state index contributed by atoms with van der Waals surface area (Å²) in [7, 11) is 0. The van der Waals surface area contributed by atoms with E-state index >= 15 is 0 Å².